The summed E-state index contributed by atoms with van der Waals surface area (Å²) in [5.74, 6) is -0.715. The molecule has 5 atom stereocenters. The van der Waals surface area contributed by atoms with Crippen molar-refractivity contribution in [3.05, 3.63) is 71.8 Å². The fourth-order valence-electron chi connectivity index (χ4n) is 5.54. The summed E-state index contributed by atoms with van der Waals surface area (Å²) in [7, 11) is 0. The van der Waals surface area contributed by atoms with Crippen molar-refractivity contribution < 1.29 is 23.9 Å². The molecule has 4 rings (SSSR count). The van der Waals surface area contributed by atoms with Crippen molar-refractivity contribution in [3.63, 3.8) is 0 Å². The molecule has 0 aliphatic carbocycles. The van der Waals surface area contributed by atoms with Gasteiger partial charge in [-0.05, 0) is 63.1 Å². The molecule has 1 amide bonds. The Bertz CT molecular complexity index is 1060. The first-order chi connectivity index (χ1) is 18.5. The van der Waals surface area contributed by atoms with E-state index in [0.717, 1.165) is 24.1 Å². The van der Waals surface area contributed by atoms with Crippen LogP contribution in [-0.2, 0) is 36.9 Å². The number of benzene rings is 2. The van der Waals surface area contributed by atoms with Crippen molar-refractivity contribution in [1.82, 2.24) is 15.5 Å². The van der Waals surface area contributed by atoms with Gasteiger partial charge in [0.2, 0.25) is 5.91 Å². The lowest BCUT2D eigenvalue weighted by molar-refractivity contribution is -0.156. The highest BCUT2D eigenvalue weighted by Crippen LogP contribution is 2.35. The van der Waals surface area contributed by atoms with E-state index in [-0.39, 0.29) is 43.0 Å². The number of piperidine rings is 1. The molecule has 2 aliphatic heterocycles. The van der Waals surface area contributed by atoms with E-state index < -0.39 is 18.1 Å². The molecule has 0 saturated carbocycles. The molecule has 2 N–H and O–H groups in total. The maximum absolute atomic E-state index is 13.9. The van der Waals surface area contributed by atoms with Crippen LogP contribution in [-0.4, -0.2) is 66.6 Å². The topological polar surface area (TPSA) is 97.0 Å². The molecule has 0 aromatic heterocycles. The molecular weight excluding hydrogens is 482 g/mol. The SMILES string of the molecule is CCOC(=O)C(CCc1ccccc1)NC(C)C(=O)N1C(C(=O)OCc2ccccc2)CC2CCNCC21. The average Bonchev–Trinajstić information content (AvgIpc) is 3.34. The number of hydrogen-bond donors (Lipinski definition) is 2. The number of ether oxygens (including phenoxy) is 2. The van der Waals surface area contributed by atoms with Gasteiger partial charge in [0.05, 0.1) is 12.6 Å². The maximum atomic E-state index is 13.9. The van der Waals surface area contributed by atoms with Crippen LogP contribution >= 0.6 is 0 Å². The summed E-state index contributed by atoms with van der Waals surface area (Å²) in [6.45, 7) is 5.47. The molecule has 204 valence electrons. The van der Waals surface area contributed by atoms with Crippen LogP contribution in [0.5, 0.6) is 0 Å². The van der Waals surface area contributed by atoms with Crippen LogP contribution in [0.25, 0.3) is 0 Å². The van der Waals surface area contributed by atoms with Crippen LogP contribution in [0.2, 0.25) is 0 Å². The zero-order chi connectivity index (χ0) is 26.9. The second-order valence-corrected chi connectivity index (χ2v) is 10.1. The summed E-state index contributed by atoms with van der Waals surface area (Å²) in [6, 6.07) is 17.4. The molecule has 2 fully saturated rings. The van der Waals surface area contributed by atoms with Gasteiger partial charge in [0, 0.05) is 12.6 Å². The number of hydrogen-bond acceptors (Lipinski definition) is 7. The van der Waals surface area contributed by atoms with E-state index in [2.05, 4.69) is 10.6 Å². The van der Waals surface area contributed by atoms with Crippen LogP contribution < -0.4 is 10.6 Å². The number of amides is 1. The molecule has 0 bridgehead atoms. The van der Waals surface area contributed by atoms with Gasteiger partial charge in [-0.15, -0.1) is 0 Å². The molecular formula is C30H39N3O5. The molecule has 0 radical (unpaired) electrons. The number of likely N-dealkylation sites (tertiary alicyclic amines) is 1. The third-order valence-electron chi connectivity index (χ3n) is 7.52. The lowest BCUT2D eigenvalue weighted by Crippen LogP contribution is -2.58. The number of carbonyl (C=O) groups is 3. The van der Waals surface area contributed by atoms with Crippen molar-refractivity contribution >= 4 is 17.8 Å². The zero-order valence-corrected chi connectivity index (χ0v) is 22.3. The Morgan fingerprint density at radius 2 is 1.71 bits per heavy atom. The minimum atomic E-state index is -0.676. The monoisotopic (exact) mass is 521 g/mol. The van der Waals surface area contributed by atoms with Gasteiger partial charge in [-0.1, -0.05) is 60.7 Å². The van der Waals surface area contributed by atoms with Crippen LogP contribution in [0, 0.1) is 5.92 Å². The highest BCUT2D eigenvalue weighted by atomic mass is 16.5. The second kappa shape index (κ2) is 13.5. The average molecular weight is 522 g/mol. The van der Waals surface area contributed by atoms with Gasteiger partial charge in [0.1, 0.15) is 18.7 Å². The predicted octanol–water partition coefficient (Wildman–Crippen LogP) is 2.85. The first-order valence-corrected chi connectivity index (χ1v) is 13.7. The first-order valence-electron chi connectivity index (χ1n) is 13.7. The Balaban J connectivity index is 1.45. The van der Waals surface area contributed by atoms with E-state index in [0.29, 0.717) is 25.8 Å². The Hall–Kier alpha value is -3.23. The molecule has 38 heavy (non-hydrogen) atoms. The van der Waals surface area contributed by atoms with Gasteiger partial charge in [0.15, 0.2) is 0 Å². The van der Waals surface area contributed by atoms with E-state index in [1.807, 2.05) is 60.7 Å². The number of carbonyl (C=O) groups excluding carboxylic acids is 3. The highest BCUT2D eigenvalue weighted by molar-refractivity contribution is 5.89. The number of rotatable bonds is 11. The molecule has 0 spiro atoms. The minimum Gasteiger partial charge on any atom is -0.465 e. The predicted molar refractivity (Wildman–Crippen MR) is 144 cm³/mol. The smallest absolute Gasteiger partial charge is 0.329 e. The van der Waals surface area contributed by atoms with Gasteiger partial charge in [-0.2, -0.15) is 0 Å². The number of fused-ring (bicyclic) bond motifs is 1. The van der Waals surface area contributed by atoms with Crippen molar-refractivity contribution in [2.75, 3.05) is 19.7 Å². The molecule has 2 aliphatic rings. The zero-order valence-electron chi connectivity index (χ0n) is 22.3. The summed E-state index contributed by atoms with van der Waals surface area (Å²) >= 11 is 0. The molecule has 2 aromatic carbocycles. The normalized spacial score (nSPS) is 22.3. The largest absolute Gasteiger partial charge is 0.465 e. The number of esters is 2. The third kappa shape index (κ3) is 6.99. The van der Waals surface area contributed by atoms with Crippen LogP contribution in [0.15, 0.2) is 60.7 Å². The fraction of sp³-hybridized carbons (Fsp3) is 0.500. The van der Waals surface area contributed by atoms with Gasteiger partial charge in [-0.3, -0.25) is 14.9 Å². The summed E-state index contributed by atoms with van der Waals surface area (Å²) in [6.07, 6.45) is 2.66. The van der Waals surface area contributed by atoms with Crippen molar-refractivity contribution in [1.29, 1.82) is 0 Å². The second-order valence-electron chi connectivity index (χ2n) is 10.1. The Kier molecular flexibility index (Phi) is 9.90. The van der Waals surface area contributed by atoms with Crippen LogP contribution in [0.3, 0.4) is 0 Å². The summed E-state index contributed by atoms with van der Waals surface area (Å²) < 4.78 is 11.0. The summed E-state index contributed by atoms with van der Waals surface area (Å²) in [5, 5.41) is 6.59. The molecule has 8 heteroatoms. The Morgan fingerprint density at radius 1 is 1.03 bits per heavy atom. The van der Waals surface area contributed by atoms with Gasteiger partial charge < -0.3 is 19.7 Å². The van der Waals surface area contributed by atoms with E-state index in [1.54, 1.807) is 18.7 Å². The molecule has 2 aromatic rings. The van der Waals surface area contributed by atoms with Gasteiger partial charge in [0.25, 0.3) is 0 Å². The summed E-state index contributed by atoms with van der Waals surface area (Å²) in [4.78, 5) is 41.6. The van der Waals surface area contributed by atoms with Crippen molar-refractivity contribution in [2.45, 2.75) is 70.3 Å². The van der Waals surface area contributed by atoms with E-state index in [4.69, 9.17) is 9.47 Å². The molecule has 2 saturated heterocycles. The van der Waals surface area contributed by atoms with E-state index in [9.17, 15) is 14.4 Å². The first kappa shape index (κ1) is 27.8. The standard InChI is InChI=1S/C30H39N3O5/c1-3-37-29(35)25(15-14-22-10-6-4-7-11-22)32-21(2)28(34)33-26(18-24-16-17-31-19-27(24)33)30(36)38-20-23-12-8-5-9-13-23/h4-13,21,24-27,31-32H,3,14-20H2,1-2H3. The van der Waals surface area contributed by atoms with Gasteiger partial charge >= 0.3 is 11.9 Å². The third-order valence-corrected chi connectivity index (χ3v) is 7.52. The Labute approximate surface area is 225 Å². The van der Waals surface area contributed by atoms with Crippen molar-refractivity contribution in [2.24, 2.45) is 5.92 Å². The van der Waals surface area contributed by atoms with Crippen LogP contribution in [0.1, 0.15) is 44.2 Å². The van der Waals surface area contributed by atoms with Gasteiger partial charge in [-0.25, -0.2) is 4.79 Å². The molecule has 5 unspecified atom stereocenters. The lowest BCUT2D eigenvalue weighted by atomic mass is 9.92. The minimum absolute atomic E-state index is 0.0832. The van der Waals surface area contributed by atoms with E-state index >= 15 is 0 Å². The number of nitrogens with zero attached hydrogens (tertiary/aromatic N) is 1. The fourth-order valence-corrected chi connectivity index (χ4v) is 5.54. The number of aryl methyl sites for hydroxylation is 1. The van der Waals surface area contributed by atoms with Crippen LogP contribution in [0.4, 0.5) is 0 Å². The lowest BCUT2D eigenvalue weighted by Gasteiger charge is -2.36. The Morgan fingerprint density at radius 3 is 2.39 bits per heavy atom. The summed E-state index contributed by atoms with van der Waals surface area (Å²) in [5.41, 5.74) is 2.01. The highest BCUT2D eigenvalue weighted by Gasteiger charge is 2.49. The molecule has 8 nitrogen and oxygen atoms in total. The van der Waals surface area contributed by atoms with E-state index in [1.165, 1.54) is 0 Å². The van der Waals surface area contributed by atoms with Crippen molar-refractivity contribution in [3.8, 4) is 0 Å². The quantitative estimate of drug-likeness (QED) is 0.439. The maximum Gasteiger partial charge on any atom is 0.329 e. The number of nitrogens with one attached hydrogen (secondary N) is 2. The molecule has 2 heterocycles.